The molecule has 1 aromatic heterocycles. The molecule has 2 rings (SSSR count). The first-order valence-electron chi connectivity index (χ1n) is 5.50. The summed E-state index contributed by atoms with van der Waals surface area (Å²) in [5.41, 5.74) is 0.538. The number of aromatic nitrogens is 1. The molecule has 1 saturated carbocycles. The van der Waals surface area contributed by atoms with Gasteiger partial charge in [-0.1, -0.05) is 6.42 Å². The number of hydrogen-bond acceptors (Lipinski definition) is 4. The van der Waals surface area contributed by atoms with Gasteiger partial charge in [-0.25, -0.2) is 4.98 Å². The van der Waals surface area contributed by atoms with Crippen molar-refractivity contribution in [3.8, 4) is 0 Å². The number of carbonyl (C=O) groups excluding carboxylic acids is 1. The highest BCUT2D eigenvalue weighted by Gasteiger charge is 2.25. The summed E-state index contributed by atoms with van der Waals surface area (Å²) in [5, 5.41) is 13.2. The Bertz CT molecular complexity index is 469. The predicted molar refractivity (Wildman–Crippen MR) is 61.6 cm³/mol. The number of hydrogen-bond donors (Lipinski definition) is 1. The summed E-state index contributed by atoms with van der Waals surface area (Å²) < 4.78 is 0. The summed E-state index contributed by atoms with van der Waals surface area (Å²) in [4.78, 5) is 25.6. The smallest absolute Gasteiger partial charge is 0.287 e. The third-order valence-corrected chi connectivity index (χ3v) is 2.99. The van der Waals surface area contributed by atoms with Gasteiger partial charge in [-0.15, -0.1) is 0 Å². The van der Waals surface area contributed by atoms with E-state index in [1.165, 1.54) is 6.07 Å². The second kappa shape index (κ2) is 4.48. The van der Waals surface area contributed by atoms with E-state index in [-0.39, 0.29) is 17.5 Å². The van der Waals surface area contributed by atoms with Crippen molar-refractivity contribution in [1.29, 1.82) is 0 Å². The van der Waals surface area contributed by atoms with Crippen molar-refractivity contribution >= 4 is 17.4 Å². The predicted octanol–water partition coefficient (Wildman–Crippen LogP) is 2.04. The van der Waals surface area contributed by atoms with Crippen LogP contribution in [0.1, 0.15) is 24.8 Å². The monoisotopic (exact) mass is 235 g/mol. The fourth-order valence-electron chi connectivity index (χ4n) is 1.68. The van der Waals surface area contributed by atoms with E-state index in [0.29, 0.717) is 11.4 Å². The highest BCUT2D eigenvalue weighted by atomic mass is 16.6. The summed E-state index contributed by atoms with van der Waals surface area (Å²) in [5.74, 6) is 0.444. The Hall–Kier alpha value is -1.98. The first-order chi connectivity index (χ1) is 8.08. The van der Waals surface area contributed by atoms with Crippen LogP contribution in [0.15, 0.2) is 12.3 Å². The molecule has 0 saturated heterocycles. The Labute approximate surface area is 98.2 Å². The van der Waals surface area contributed by atoms with E-state index in [1.807, 2.05) is 0 Å². The van der Waals surface area contributed by atoms with E-state index in [9.17, 15) is 14.9 Å². The summed E-state index contributed by atoms with van der Waals surface area (Å²) in [6.45, 7) is 1.69. The van der Waals surface area contributed by atoms with E-state index < -0.39 is 4.92 Å². The lowest BCUT2D eigenvalue weighted by molar-refractivity contribution is -0.385. The molecule has 90 valence electrons. The number of amides is 1. The zero-order valence-electron chi connectivity index (χ0n) is 9.47. The van der Waals surface area contributed by atoms with Crippen molar-refractivity contribution in [3.63, 3.8) is 0 Å². The number of nitro groups is 1. The molecule has 1 aliphatic carbocycles. The van der Waals surface area contributed by atoms with Crippen molar-refractivity contribution in [2.75, 3.05) is 5.32 Å². The van der Waals surface area contributed by atoms with Crippen LogP contribution in [-0.2, 0) is 4.79 Å². The van der Waals surface area contributed by atoms with Crippen molar-refractivity contribution in [3.05, 3.63) is 27.9 Å². The van der Waals surface area contributed by atoms with Crippen LogP contribution in [0.25, 0.3) is 0 Å². The largest absolute Gasteiger partial charge is 0.310 e. The van der Waals surface area contributed by atoms with Gasteiger partial charge in [0, 0.05) is 12.0 Å². The maximum absolute atomic E-state index is 11.7. The molecule has 17 heavy (non-hydrogen) atoms. The van der Waals surface area contributed by atoms with Crippen molar-refractivity contribution in [2.45, 2.75) is 26.2 Å². The van der Waals surface area contributed by atoms with E-state index in [4.69, 9.17) is 0 Å². The molecule has 1 aliphatic rings. The second-order valence-corrected chi connectivity index (χ2v) is 4.23. The number of nitrogens with one attached hydrogen (secondary N) is 1. The Morgan fingerprint density at radius 2 is 2.29 bits per heavy atom. The number of anilines is 1. The molecular formula is C11H13N3O3. The van der Waals surface area contributed by atoms with Crippen LogP contribution in [0.4, 0.5) is 11.5 Å². The highest BCUT2D eigenvalue weighted by Crippen LogP contribution is 2.28. The first kappa shape index (κ1) is 11.5. The molecule has 0 spiro atoms. The van der Waals surface area contributed by atoms with E-state index >= 15 is 0 Å². The maximum Gasteiger partial charge on any atom is 0.287 e. The van der Waals surface area contributed by atoms with Gasteiger partial charge in [0.25, 0.3) is 5.69 Å². The topological polar surface area (TPSA) is 85.1 Å². The third kappa shape index (κ3) is 2.41. The SMILES string of the molecule is Cc1cc([N+](=O)[O-])cnc1NC(=O)C1CCC1. The Kier molecular flexibility index (Phi) is 3.03. The minimum atomic E-state index is -0.502. The van der Waals surface area contributed by atoms with Crippen LogP contribution in [0.5, 0.6) is 0 Å². The Morgan fingerprint density at radius 3 is 2.76 bits per heavy atom. The molecule has 6 heteroatoms. The zero-order chi connectivity index (χ0) is 12.4. The summed E-state index contributed by atoms with van der Waals surface area (Å²) in [7, 11) is 0. The minimum absolute atomic E-state index is 0.0410. The lowest BCUT2D eigenvalue weighted by Crippen LogP contribution is -2.28. The second-order valence-electron chi connectivity index (χ2n) is 4.23. The Morgan fingerprint density at radius 1 is 1.59 bits per heavy atom. The average Bonchev–Trinajstić information content (AvgIpc) is 2.18. The highest BCUT2D eigenvalue weighted by molar-refractivity contribution is 5.92. The van der Waals surface area contributed by atoms with Gasteiger partial charge in [-0.2, -0.15) is 0 Å². The van der Waals surface area contributed by atoms with Crippen molar-refractivity contribution in [2.24, 2.45) is 5.92 Å². The average molecular weight is 235 g/mol. The molecule has 1 heterocycles. The minimum Gasteiger partial charge on any atom is -0.310 e. The van der Waals surface area contributed by atoms with Gasteiger partial charge in [0.05, 0.1) is 4.92 Å². The number of aryl methyl sites for hydroxylation is 1. The first-order valence-corrected chi connectivity index (χ1v) is 5.50. The molecular weight excluding hydrogens is 222 g/mol. The van der Waals surface area contributed by atoms with Crippen LogP contribution in [0.2, 0.25) is 0 Å². The fourth-order valence-corrected chi connectivity index (χ4v) is 1.68. The van der Waals surface area contributed by atoms with E-state index in [1.54, 1.807) is 6.92 Å². The number of rotatable bonds is 3. The quantitative estimate of drug-likeness (QED) is 0.641. The maximum atomic E-state index is 11.7. The number of nitrogens with zero attached hydrogens (tertiary/aromatic N) is 2. The van der Waals surface area contributed by atoms with Gasteiger partial charge in [0.15, 0.2) is 0 Å². The van der Waals surface area contributed by atoms with E-state index in [0.717, 1.165) is 25.5 Å². The van der Waals surface area contributed by atoms with Crippen LogP contribution >= 0.6 is 0 Å². The van der Waals surface area contributed by atoms with E-state index in [2.05, 4.69) is 10.3 Å². The lowest BCUT2D eigenvalue weighted by Gasteiger charge is -2.24. The molecule has 0 aliphatic heterocycles. The van der Waals surface area contributed by atoms with Crippen molar-refractivity contribution < 1.29 is 9.72 Å². The molecule has 0 atom stereocenters. The summed E-state index contributed by atoms with van der Waals surface area (Å²) in [6, 6.07) is 1.41. The Balaban J connectivity index is 2.10. The molecule has 0 aromatic carbocycles. The van der Waals surface area contributed by atoms with Crippen LogP contribution in [0, 0.1) is 23.0 Å². The molecule has 1 fully saturated rings. The summed E-state index contributed by atoms with van der Waals surface area (Å²) >= 11 is 0. The van der Waals surface area contributed by atoms with Gasteiger partial charge in [-0.3, -0.25) is 14.9 Å². The standard InChI is InChI=1S/C11H13N3O3/c1-7-5-9(14(16)17)6-12-10(7)13-11(15)8-3-2-4-8/h5-6,8H,2-4H2,1H3,(H,12,13,15). The lowest BCUT2D eigenvalue weighted by atomic mass is 9.85. The van der Waals surface area contributed by atoms with Gasteiger partial charge in [-0.05, 0) is 25.3 Å². The van der Waals surface area contributed by atoms with Crippen LogP contribution in [0.3, 0.4) is 0 Å². The normalized spacial score (nSPS) is 15.1. The fraction of sp³-hybridized carbons (Fsp3) is 0.455. The number of pyridine rings is 1. The van der Waals surface area contributed by atoms with Gasteiger partial charge >= 0.3 is 0 Å². The molecule has 0 unspecified atom stereocenters. The van der Waals surface area contributed by atoms with Crippen LogP contribution in [-0.4, -0.2) is 15.8 Å². The molecule has 1 amide bonds. The summed E-state index contributed by atoms with van der Waals surface area (Å²) in [6.07, 6.45) is 4.07. The number of carbonyl (C=O) groups is 1. The van der Waals surface area contributed by atoms with Gasteiger partial charge in [0.1, 0.15) is 12.0 Å². The molecule has 1 aromatic rings. The zero-order valence-corrected chi connectivity index (χ0v) is 9.47. The van der Waals surface area contributed by atoms with Gasteiger partial charge < -0.3 is 5.32 Å². The third-order valence-electron chi connectivity index (χ3n) is 2.99. The van der Waals surface area contributed by atoms with Crippen LogP contribution < -0.4 is 5.32 Å². The molecule has 0 radical (unpaired) electrons. The van der Waals surface area contributed by atoms with Gasteiger partial charge in [0.2, 0.25) is 5.91 Å². The molecule has 1 N–H and O–H groups in total. The van der Waals surface area contributed by atoms with Crippen molar-refractivity contribution in [1.82, 2.24) is 4.98 Å². The molecule has 0 bridgehead atoms. The molecule has 6 nitrogen and oxygen atoms in total.